The van der Waals surface area contributed by atoms with Crippen molar-refractivity contribution in [2.24, 2.45) is 5.92 Å². The van der Waals surface area contributed by atoms with E-state index in [0.29, 0.717) is 5.75 Å². The number of carbonyl (C=O) groups is 1. The van der Waals surface area contributed by atoms with E-state index in [-0.39, 0.29) is 31.1 Å². The van der Waals surface area contributed by atoms with Crippen LogP contribution in [0.4, 0.5) is 4.39 Å². The zero-order chi connectivity index (χ0) is 25.1. The second-order valence-corrected chi connectivity index (χ2v) is 9.35. The number of nitrogens with one attached hydrogen (secondary N) is 1. The topological polar surface area (TPSA) is 65.4 Å². The fraction of sp³-hybridized carbons (Fsp3) is 0.333. The van der Waals surface area contributed by atoms with Gasteiger partial charge in [0.2, 0.25) is 5.91 Å². The van der Waals surface area contributed by atoms with Gasteiger partial charge in [0.1, 0.15) is 23.4 Å². The molecule has 4 aromatic rings. The van der Waals surface area contributed by atoms with Crippen LogP contribution < -0.4 is 14.8 Å². The Bertz CT molecular complexity index is 1350. The van der Waals surface area contributed by atoms with Gasteiger partial charge in [-0.15, -0.1) is 0 Å². The smallest absolute Gasteiger partial charge is 0.223 e. The van der Waals surface area contributed by atoms with E-state index in [0.717, 1.165) is 53.6 Å². The van der Waals surface area contributed by atoms with Gasteiger partial charge in [-0.1, -0.05) is 32.4 Å². The molecule has 5 rings (SSSR count). The lowest BCUT2D eigenvalue weighted by Crippen LogP contribution is -2.41. The van der Waals surface area contributed by atoms with Crippen molar-refractivity contribution in [1.82, 2.24) is 15.1 Å². The van der Waals surface area contributed by atoms with Crippen LogP contribution in [0.2, 0.25) is 0 Å². The maximum atomic E-state index is 13.4. The van der Waals surface area contributed by atoms with E-state index >= 15 is 0 Å². The van der Waals surface area contributed by atoms with Crippen molar-refractivity contribution in [2.75, 3.05) is 7.11 Å². The van der Waals surface area contributed by atoms with E-state index in [1.807, 2.05) is 49.4 Å². The molecule has 7 heteroatoms. The lowest BCUT2D eigenvalue weighted by atomic mass is 10.0. The Labute approximate surface area is 217 Å². The van der Waals surface area contributed by atoms with Crippen LogP contribution in [0.25, 0.3) is 16.6 Å². The van der Waals surface area contributed by atoms with Gasteiger partial charge in [-0.3, -0.25) is 4.79 Å². The lowest BCUT2D eigenvalue weighted by Gasteiger charge is -2.28. The van der Waals surface area contributed by atoms with Crippen molar-refractivity contribution in [2.45, 2.75) is 52.2 Å². The first-order valence-corrected chi connectivity index (χ1v) is 12.4. The normalized spacial score (nSPS) is 15.1. The molecule has 2 atom stereocenters. The second kappa shape index (κ2) is 11.5. The molecule has 0 radical (unpaired) electrons. The minimum Gasteiger partial charge on any atom is -0.497 e. The monoisotopic (exact) mass is 503 g/mol. The highest BCUT2D eigenvalue weighted by Gasteiger charge is 2.28. The van der Waals surface area contributed by atoms with Crippen molar-refractivity contribution >= 4 is 16.8 Å². The summed E-state index contributed by atoms with van der Waals surface area (Å²) in [4.78, 5) is 12.9. The molecule has 0 bridgehead atoms. The predicted molar refractivity (Wildman–Crippen MR) is 144 cm³/mol. The zero-order valence-corrected chi connectivity index (χ0v) is 20.5. The standard InChI is InChI=1S/C29H30FN3O3.CH4/c1-19(32-29(34)20-6-3-4-7-20)28(21-8-5-9-25(16-21)35-2)36-26-14-15-27-22(17-26)18-31-33(27)24-12-10-23(30)11-13-24;/h5,8-20,28H,3-4,6-7H2,1-2H3,(H,32,34);1H4/t19-,28-;/m0./s1. The molecule has 1 fully saturated rings. The van der Waals surface area contributed by atoms with E-state index in [1.54, 1.807) is 30.1 Å². The van der Waals surface area contributed by atoms with E-state index in [4.69, 9.17) is 9.47 Å². The number of methoxy groups -OCH3 is 1. The molecule has 3 aromatic carbocycles. The predicted octanol–water partition coefficient (Wildman–Crippen LogP) is 6.62. The number of hydrogen-bond donors (Lipinski definition) is 1. The zero-order valence-electron chi connectivity index (χ0n) is 20.5. The molecule has 1 saturated carbocycles. The fourth-order valence-electron chi connectivity index (χ4n) is 4.90. The van der Waals surface area contributed by atoms with Gasteiger partial charge >= 0.3 is 0 Å². The molecule has 0 saturated heterocycles. The molecule has 0 aliphatic heterocycles. The highest BCUT2D eigenvalue weighted by molar-refractivity contribution is 5.82. The lowest BCUT2D eigenvalue weighted by molar-refractivity contribution is -0.126. The quantitative estimate of drug-likeness (QED) is 0.293. The van der Waals surface area contributed by atoms with Gasteiger partial charge in [0.15, 0.2) is 0 Å². The summed E-state index contributed by atoms with van der Waals surface area (Å²) < 4.78 is 27.1. The maximum Gasteiger partial charge on any atom is 0.223 e. The van der Waals surface area contributed by atoms with Gasteiger partial charge in [0, 0.05) is 11.3 Å². The molecular formula is C30H34FN3O3. The summed E-state index contributed by atoms with van der Waals surface area (Å²) in [5.41, 5.74) is 2.57. The number of aromatic nitrogens is 2. The van der Waals surface area contributed by atoms with Crippen molar-refractivity contribution < 1.29 is 18.7 Å². The van der Waals surface area contributed by atoms with Crippen LogP contribution in [0.3, 0.4) is 0 Å². The molecule has 1 aliphatic carbocycles. The number of amides is 1. The average molecular weight is 504 g/mol. The highest BCUT2D eigenvalue weighted by atomic mass is 19.1. The molecule has 0 unspecified atom stereocenters. The van der Waals surface area contributed by atoms with Crippen molar-refractivity contribution in [1.29, 1.82) is 0 Å². The molecule has 6 nitrogen and oxygen atoms in total. The molecule has 1 aromatic heterocycles. The number of carbonyl (C=O) groups excluding carboxylic acids is 1. The summed E-state index contributed by atoms with van der Waals surface area (Å²) >= 11 is 0. The molecule has 0 spiro atoms. The van der Waals surface area contributed by atoms with Gasteiger partial charge in [0.25, 0.3) is 0 Å². The van der Waals surface area contributed by atoms with Crippen LogP contribution in [-0.4, -0.2) is 28.8 Å². The number of benzene rings is 3. The van der Waals surface area contributed by atoms with Crippen LogP contribution in [0.5, 0.6) is 11.5 Å². The molecule has 1 heterocycles. The molecule has 194 valence electrons. The Morgan fingerprint density at radius 1 is 1.05 bits per heavy atom. The molecular weight excluding hydrogens is 469 g/mol. The minimum atomic E-state index is -0.421. The fourth-order valence-corrected chi connectivity index (χ4v) is 4.90. The number of fused-ring (bicyclic) bond motifs is 1. The maximum absolute atomic E-state index is 13.4. The summed E-state index contributed by atoms with van der Waals surface area (Å²) in [5.74, 6) is 1.27. The van der Waals surface area contributed by atoms with Crippen LogP contribution >= 0.6 is 0 Å². The Hall–Kier alpha value is -3.87. The van der Waals surface area contributed by atoms with E-state index in [9.17, 15) is 9.18 Å². The van der Waals surface area contributed by atoms with E-state index in [1.165, 1.54) is 12.1 Å². The first-order valence-electron chi connectivity index (χ1n) is 12.4. The third-order valence-electron chi connectivity index (χ3n) is 6.85. The van der Waals surface area contributed by atoms with Gasteiger partial charge < -0.3 is 14.8 Å². The van der Waals surface area contributed by atoms with Gasteiger partial charge in [-0.2, -0.15) is 5.10 Å². The Morgan fingerprint density at radius 2 is 1.81 bits per heavy atom. The highest BCUT2D eigenvalue weighted by Crippen LogP contribution is 2.31. The Kier molecular flexibility index (Phi) is 8.11. The van der Waals surface area contributed by atoms with Crippen LogP contribution in [-0.2, 0) is 4.79 Å². The first kappa shape index (κ1) is 26.2. The molecule has 37 heavy (non-hydrogen) atoms. The second-order valence-electron chi connectivity index (χ2n) is 9.35. The summed E-state index contributed by atoms with van der Waals surface area (Å²) in [6.07, 6.45) is 5.43. The summed E-state index contributed by atoms with van der Waals surface area (Å²) in [7, 11) is 1.63. The third kappa shape index (κ3) is 5.77. The Balaban J connectivity index is 0.00000320. The Morgan fingerprint density at radius 3 is 2.54 bits per heavy atom. The van der Waals surface area contributed by atoms with E-state index in [2.05, 4.69) is 10.4 Å². The number of hydrogen-bond acceptors (Lipinski definition) is 4. The number of halogens is 1. The van der Waals surface area contributed by atoms with Crippen LogP contribution in [0.15, 0.2) is 72.9 Å². The third-order valence-corrected chi connectivity index (χ3v) is 6.85. The largest absolute Gasteiger partial charge is 0.497 e. The van der Waals surface area contributed by atoms with Crippen molar-refractivity contribution in [3.05, 3.63) is 84.3 Å². The number of nitrogens with zero attached hydrogens (tertiary/aromatic N) is 2. The average Bonchev–Trinajstić information content (AvgIpc) is 3.58. The van der Waals surface area contributed by atoms with Crippen molar-refractivity contribution in [3.8, 4) is 17.2 Å². The van der Waals surface area contributed by atoms with E-state index < -0.39 is 6.10 Å². The van der Waals surface area contributed by atoms with Crippen molar-refractivity contribution in [3.63, 3.8) is 0 Å². The molecule has 1 N–H and O–H groups in total. The van der Waals surface area contributed by atoms with Crippen LogP contribution in [0.1, 0.15) is 51.7 Å². The summed E-state index contributed by atoms with van der Waals surface area (Å²) in [6, 6.07) is 19.5. The van der Waals surface area contributed by atoms with Gasteiger partial charge in [-0.25, -0.2) is 9.07 Å². The SMILES string of the molecule is C.COc1cccc([C@@H](Oc2ccc3c(cnn3-c3ccc(F)cc3)c2)[C@H](C)NC(=O)C2CCCC2)c1. The van der Waals surface area contributed by atoms with Crippen LogP contribution in [0, 0.1) is 11.7 Å². The summed E-state index contributed by atoms with van der Waals surface area (Å²) in [5, 5.41) is 8.57. The number of rotatable bonds is 8. The first-order chi connectivity index (χ1) is 17.5. The number of ether oxygens (including phenoxy) is 2. The van der Waals surface area contributed by atoms with Gasteiger partial charge in [0.05, 0.1) is 30.6 Å². The molecule has 1 aliphatic rings. The molecule has 1 amide bonds. The summed E-state index contributed by atoms with van der Waals surface area (Å²) in [6.45, 7) is 1.97. The minimum absolute atomic E-state index is 0. The van der Waals surface area contributed by atoms with Gasteiger partial charge in [-0.05, 0) is 79.9 Å².